The standard InChI is InChI=1S/C9H4ClF3O3/c10-7-1-5(3-14)8(6(2-7)4-15)16-9(11,12)13/h1-4H. The van der Waals surface area contributed by atoms with Crippen LogP contribution in [0.15, 0.2) is 12.1 Å². The quantitative estimate of drug-likeness (QED) is 0.777. The molecule has 0 fully saturated rings. The number of halogens is 4. The van der Waals surface area contributed by atoms with Gasteiger partial charge in [-0.25, -0.2) is 0 Å². The van der Waals surface area contributed by atoms with Crippen LogP contribution in [-0.2, 0) is 0 Å². The van der Waals surface area contributed by atoms with Crippen LogP contribution in [0.1, 0.15) is 20.7 Å². The van der Waals surface area contributed by atoms with Gasteiger partial charge in [-0.2, -0.15) is 0 Å². The molecule has 7 heteroatoms. The zero-order valence-corrected chi connectivity index (χ0v) is 8.30. The topological polar surface area (TPSA) is 43.4 Å². The molecule has 0 saturated carbocycles. The second-order valence-corrected chi connectivity index (χ2v) is 3.13. The number of hydrogen-bond donors (Lipinski definition) is 0. The third-order valence-electron chi connectivity index (χ3n) is 1.58. The van der Waals surface area contributed by atoms with Gasteiger partial charge in [-0.3, -0.25) is 9.59 Å². The molecule has 0 amide bonds. The van der Waals surface area contributed by atoms with Crippen LogP contribution in [0.25, 0.3) is 0 Å². The van der Waals surface area contributed by atoms with Crippen LogP contribution in [0.2, 0.25) is 5.02 Å². The van der Waals surface area contributed by atoms with Gasteiger partial charge in [0.15, 0.2) is 18.3 Å². The molecule has 0 spiro atoms. The first kappa shape index (κ1) is 12.5. The average molecular weight is 253 g/mol. The zero-order valence-electron chi connectivity index (χ0n) is 7.55. The van der Waals surface area contributed by atoms with Crippen molar-refractivity contribution in [3.63, 3.8) is 0 Å². The second-order valence-electron chi connectivity index (χ2n) is 2.70. The maximum atomic E-state index is 12.0. The Labute approximate surface area is 92.8 Å². The number of carbonyl (C=O) groups is 2. The Kier molecular flexibility index (Phi) is 3.54. The highest BCUT2D eigenvalue weighted by Crippen LogP contribution is 2.31. The largest absolute Gasteiger partial charge is 0.573 e. The van der Waals surface area contributed by atoms with Gasteiger partial charge in [0.1, 0.15) is 0 Å². The van der Waals surface area contributed by atoms with Gasteiger partial charge < -0.3 is 4.74 Å². The lowest BCUT2D eigenvalue weighted by Crippen LogP contribution is -2.19. The molecule has 1 rings (SSSR count). The Morgan fingerprint density at radius 3 is 1.88 bits per heavy atom. The Balaban J connectivity index is 3.33. The summed E-state index contributed by atoms with van der Waals surface area (Å²) in [5, 5.41) is -0.0290. The summed E-state index contributed by atoms with van der Waals surface area (Å²) in [4.78, 5) is 21.0. The molecule has 0 atom stereocenters. The molecular weight excluding hydrogens is 249 g/mol. The third-order valence-corrected chi connectivity index (χ3v) is 1.80. The first-order valence-corrected chi connectivity index (χ1v) is 4.25. The van der Waals surface area contributed by atoms with Crippen molar-refractivity contribution in [2.24, 2.45) is 0 Å². The minimum Gasteiger partial charge on any atom is -0.404 e. The fourth-order valence-electron chi connectivity index (χ4n) is 1.05. The monoisotopic (exact) mass is 252 g/mol. The van der Waals surface area contributed by atoms with Crippen molar-refractivity contribution in [2.75, 3.05) is 0 Å². The van der Waals surface area contributed by atoms with Crippen molar-refractivity contribution in [3.05, 3.63) is 28.3 Å². The number of hydrogen-bond acceptors (Lipinski definition) is 3. The van der Waals surface area contributed by atoms with E-state index in [4.69, 9.17) is 11.6 Å². The van der Waals surface area contributed by atoms with Gasteiger partial charge in [-0.05, 0) is 12.1 Å². The summed E-state index contributed by atoms with van der Waals surface area (Å²) in [6.07, 6.45) is -4.73. The fraction of sp³-hybridized carbons (Fsp3) is 0.111. The molecule has 16 heavy (non-hydrogen) atoms. The summed E-state index contributed by atoms with van der Waals surface area (Å²) in [6, 6.07) is 1.95. The van der Waals surface area contributed by atoms with E-state index in [2.05, 4.69) is 4.74 Å². The van der Waals surface area contributed by atoms with Crippen molar-refractivity contribution in [3.8, 4) is 5.75 Å². The highest BCUT2D eigenvalue weighted by Gasteiger charge is 2.33. The lowest BCUT2D eigenvalue weighted by atomic mass is 10.1. The summed E-state index contributed by atoms with van der Waals surface area (Å²) in [6.45, 7) is 0. The molecule has 0 heterocycles. The molecule has 0 aromatic heterocycles. The van der Waals surface area contributed by atoms with Crippen LogP contribution in [-0.4, -0.2) is 18.9 Å². The van der Waals surface area contributed by atoms with Crippen LogP contribution in [0.4, 0.5) is 13.2 Å². The summed E-state index contributed by atoms with van der Waals surface area (Å²) in [7, 11) is 0. The molecule has 3 nitrogen and oxygen atoms in total. The van der Waals surface area contributed by atoms with E-state index in [0.717, 1.165) is 12.1 Å². The Morgan fingerprint density at radius 1 is 1.12 bits per heavy atom. The summed E-state index contributed by atoms with van der Waals surface area (Å²) >= 11 is 5.50. The summed E-state index contributed by atoms with van der Waals surface area (Å²) in [5.74, 6) is -0.845. The molecule has 0 unspecified atom stereocenters. The maximum Gasteiger partial charge on any atom is 0.573 e. The van der Waals surface area contributed by atoms with E-state index in [1.165, 1.54) is 0 Å². The first-order valence-electron chi connectivity index (χ1n) is 3.87. The highest BCUT2D eigenvalue weighted by atomic mass is 35.5. The van der Waals surface area contributed by atoms with Crippen LogP contribution < -0.4 is 4.74 Å². The molecule has 0 N–H and O–H groups in total. The minimum absolute atomic E-state index is 0.0290. The van der Waals surface area contributed by atoms with E-state index in [9.17, 15) is 22.8 Å². The lowest BCUT2D eigenvalue weighted by molar-refractivity contribution is -0.274. The third kappa shape index (κ3) is 2.96. The Hall–Kier alpha value is -1.56. The predicted octanol–water partition coefficient (Wildman–Crippen LogP) is 2.86. The van der Waals surface area contributed by atoms with E-state index in [-0.39, 0.29) is 17.6 Å². The van der Waals surface area contributed by atoms with Gasteiger partial charge in [0.05, 0.1) is 11.1 Å². The molecule has 1 aromatic rings. The van der Waals surface area contributed by atoms with Crippen LogP contribution in [0, 0.1) is 0 Å². The Bertz CT molecular complexity index is 399. The van der Waals surface area contributed by atoms with Gasteiger partial charge in [0.2, 0.25) is 0 Å². The van der Waals surface area contributed by atoms with Crippen molar-refractivity contribution in [1.29, 1.82) is 0 Å². The van der Waals surface area contributed by atoms with Gasteiger partial charge >= 0.3 is 6.36 Å². The molecule has 0 aliphatic heterocycles. The molecule has 0 saturated heterocycles. The number of benzene rings is 1. The van der Waals surface area contributed by atoms with Crippen LogP contribution in [0.5, 0.6) is 5.75 Å². The normalized spacial score (nSPS) is 11.0. The van der Waals surface area contributed by atoms with Gasteiger partial charge in [0, 0.05) is 5.02 Å². The lowest BCUT2D eigenvalue weighted by Gasteiger charge is -2.12. The molecule has 0 radical (unpaired) electrons. The number of alkyl halides is 3. The van der Waals surface area contributed by atoms with E-state index in [0.29, 0.717) is 0 Å². The fourth-order valence-corrected chi connectivity index (χ4v) is 1.28. The average Bonchev–Trinajstić information content (AvgIpc) is 2.18. The Morgan fingerprint density at radius 2 is 1.56 bits per heavy atom. The molecule has 0 bridgehead atoms. The SMILES string of the molecule is O=Cc1cc(Cl)cc(C=O)c1OC(F)(F)F. The molecule has 1 aromatic carbocycles. The zero-order chi connectivity index (χ0) is 12.3. The maximum absolute atomic E-state index is 12.0. The molecule has 0 aliphatic carbocycles. The summed E-state index contributed by atoms with van der Waals surface area (Å²) in [5.41, 5.74) is -0.876. The van der Waals surface area contributed by atoms with Crippen molar-refractivity contribution < 1.29 is 27.5 Å². The van der Waals surface area contributed by atoms with Gasteiger partial charge in [-0.1, -0.05) is 11.6 Å². The molecular formula is C9H4ClF3O3. The first-order chi connectivity index (χ1) is 7.37. The van der Waals surface area contributed by atoms with E-state index in [1.807, 2.05) is 0 Å². The molecule has 86 valence electrons. The van der Waals surface area contributed by atoms with Crippen molar-refractivity contribution in [2.45, 2.75) is 6.36 Å². The van der Waals surface area contributed by atoms with Gasteiger partial charge in [0.25, 0.3) is 0 Å². The molecule has 0 aliphatic rings. The second kappa shape index (κ2) is 4.52. The van der Waals surface area contributed by atoms with Gasteiger partial charge in [-0.15, -0.1) is 13.2 Å². The van der Waals surface area contributed by atoms with E-state index in [1.54, 1.807) is 0 Å². The van der Waals surface area contributed by atoms with Crippen molar-refractivity contribution >= 4 is 24.2 Å². The van der Waals surface area contributed by atoms with Crippen molar-refractivity contribution in [1.82, 2.24) is 0 Å². The van der Waals surface area contributed by atoms with E-state index >= 15 is 0 Å². The van der Waals surface area contributed by atoms with Crippen LogP contribution >= 0.6 is 11.6 Å². The number of rotatable bonds is 3. The summed E-state index contributed by atoms with van der Waals surface area (Å²) < 4.78 is 39.5. The van der Waals surface area contributed by atoms with Crippen LogP contribution in [0.3, 0.4) is 0 Å². The minimum atomic E-state index is -4.98. The number of ether oxygens (including phenoxy) is 1. The highest BCUT2D eigenvalue weighted by molar-refractivity contribution is 6.31. The van der Waals surface area contributed by atoms with E-state index < -0.39 is 23.2 Å². The number of carbonyl (C=O) groups excluding carboxylic acids is 2. The number of aldehydes is 2. The smallest absolute Gasteiger partial charge is 0.404 e. The predicted molar refractivity (Wildman–Crippen MR) is 48.9 cm³/mol.